The molecule has 18 heavy (non-hydrogen) atoms. The Morgan fingerprint density at radius 1 is 1.44 bits per heavy atom. The van der Waals surface area contributed by atoms with Crippen molar-refractivity contribution >= 4 is 27.5 Å². The summed E-state index contributed by atoms with van der Waals surface area (Å²) in [5.41, 5.74) is 1.50. The first-order chi connectivity index (χ1) is 8.51. The van der Waals surface area contributed by atoms with Gasteiger partial charge in [0.1, 0.15) is 0 Å². The van der Waals surface area contributed by atoms with E-state index in [1.807, 2.05) is 12.1 Å². The Balaban J connectivity index is 2.20. The fourth-order valence-electron chi connectivity index (χ4n) is 3.09. The van der Waals surface area contributed by atoms with E-state index < -0.39 is 0 Å². The van der Waals surface area contributed by atoms with Gasteiger partial charge in [0.2, 0.25) is 0 Å². The maximum absolute atomic E-state index is 6.32. The molecular formula is C15H21BrClN. The topological polar surface area (TPSA) is 12.0 Å². The lowest BCUT2D eigenvalue weighted by Crippen LogP contribution is -2.43. The van der Waals surface area contributed by atoms with Gasteiger partial charge in [-0.1, -0.05) is 41.4 Å². The molecule has 0 amide bonds. The van der Waals surface area contributed by atoms with Gasteiger partial charge in [-0.2, -0.15) is 0 Å². The highest BCUT2D eigenvalue weighted by atomic mass is 79.9. The van der Waals surface area contributed by atoms with Crippen LogP contribution in [0.1, 0.15) is 38.7 Å². The minimum absolute atomic E-state index is 0.249. The van der Waals surface area contributed by atoms with Crippen LogP contribution in [0.25, 0.3) is 0 Å². The van der Waals surface area contributed by atoms with Crippen molar-refractivity contribution in [3.8, 4) is 0 Å². The van der Waals surface area contributed by atoms with Crippen LogP contribution in [0.15, 0.2) is 22.7 Å². The third-order valence-electron chi connectivity index (χ3n) is 3.67. The van der Waals surface area contributed by atoms with Crippen LogP contribution < -0.4 is 5.32 Å². The molecule has 3 heteroatoms. The number of halogens is 2. The van der Waals surface area contributed by atoms with Gasteiger partial charge < -0.3 is 5.32 Å². The molecule has 0 aliphatic carbocycles. The van der Waals surface area contributed by atoms with Crippen molar-refractivity contribution in [3.05, 3.63) is 33.3 Å². The number of rotatable bonds is 4. The van der Waals surface area contributed by atoms with Crippen LogP contribution in [0.3, 0.4) is 0 Å². The number of nitrogens with one attached hydrogen (secondary N) is 1. The Morgan fingerprint density at radius 2 is 2.22 bits per heavy atom. The maximum atomic E-state index is 6.32. The maximum Gasteiger partial charge on any atom is 0.0439 e. The van der Waals surface area contributed by atoms with E-state index in [-0.39, 0.29) is 5.54 Å². The summed E-state index contributed by atoms with van der Waals surface area (Å²) in [7, 11) is 0. The molecule has 100 valence electrons. The van der Waals surface area contributed by atoms with E-state index in [1.54, 1.807) is 0 Å². The minimum atomic E-state index is 0.249. The van der Waals surface area contributed by atoms with Crippen molar-refractivity contribution in [1.82, 2.24) is 5.32 Å². The summed E-state index contributed by atoms with van der Waals surface area (Å²) in [5.74, 6) is 0.710. The molecule has 1 aliphatic rings. The Kier molecular flexibility index (Phi) is 4.74. The van der Waals surface area contributed by atoms with Crippen molar-refractivity contribution in [2.75, 3.05) is 6.54 Å². The summed E-state index contributed by atoms with van der Waals surface area (Å²) in [6.07, 6.45) is 4.78. The van der Waals surface area contributed by atoms with Crippen LogP contribution in [-0.2, 0) is 6.42 Å². The Bertz CT molecular complexity index is 411. The van der Waals surface area contributed by atoms with E-state index in [4.69, 9.17) is 11.6 Å². The van der Waals surface area contributed by atoms with Crippen molar-refractivity contribution in [2.45, 2.75) is 45.1 Å². The molecule has 2 rings (SSSR count). The molecule has 1 atom stereocenters. The first-order valence-corrected chi connectivity index (χ1v) is 7.87. The van der Waals surface area contributed by atoms with Gasteiger partial charge in [-0.05, 0) is 61.9 Å². The first kappa shape index (κ1) is 14.4. The van der Waals surface area contributed by atoms with Gasteiger partial charge >= 0.3 is 0 Å². The molecule has 0 radical (unpaired) electrons. The highest BCUT2D eigenvalue weighted by molar-refractivity contribution is 9.10. The average Bonchev–Trinajstić information content (AvgIpc) is 2.71. The van der Waals surface area contributed by atoms with E-state index in [0.29, 0.717) is 5.92 Å². The fourth-order valence-corrected chi connectivity index (χ4v) is 3.68. The zero-order valence-electron chi connectivity index (χ0n) is 11.1. The molecule has 1 aromatic carbocycles. The van der Waals surface area contributed by atoms with Crippen LogP contribution in [0.4, 0.5) is 0 Å². The fraction of sp³-hybridized carbons (Fsp3) is 0.600. The zero-order valence-corrected chi connectivity index (χ0v) is 13.4. The van der Waals surface area contributed by atoms with Crippen molar-refractivity contribution < 1.29 is 0 Å². The summed E-state index contributed by atoms with van der Waals surface area (Å²) in [4.78, 5) is 0. The first-order valence-electron chi connectivity index (χ1n) is 6.70. The lowest BCUT2D eigenvalue weighted by molar-refractivity contribution is 0.301. The lowest BCUT2D eigenvalue weighted by Gasteiger charge is -2.32. The third-order valence-corrected chi connectivity index (χ3v) is 4.53. The smallest absolute Gasteiger partial charge is 0.0439 e. The summed E-state index contributed by atoms with van der Waals surface area (Å²) < 4.78 is 1.11. The van der Waals surface area contributed by atoms with E-state index >= 15 is 0 Å². The van der Waals surface area contributed by atoms with E-state index in [1.165, 1.54) is 24.8 Å². The van der Waals surface area contributed by atoms with Crippen molar-refractivity contribution in [2.24, 2.45) is 5.92 Å². The number of hydrogen-bond donors (Lipinski definition) is 1. The number of benzene rings is 1. The SMILES string of the molecule is CC(C)CC1(Cc2cc(Br)ccc2Cl)CCCN1. The third kappa shape index (κ3) is 3.49. The Morgan fingerprint density at radius 3 is 2.83 bits per heavy atom. The average molecular weight is 331 g/mol. The van der Waals surface area contributed by atoms with Gasteiger partial charge in [0.15, 0.2) is 0 Å². The molecule has 1 unspecified atom stereocenters. The molecule has 1 aliphatic heterocycles. The normalized spacial score (nSPS) is 23.8. The van der Waals surface area contributed by atoms with E-state index in [2.05, 4.69) is 41.2 Å². The van der Waals surface area contributed by atoms with Gasteiger partial charge in [-0.25, -0.2) is 0 Å². The zero-order chi connectivity index (χ0) is 13.2. The van der Waals surface area contributed by atoms with Crippen LogP contribution >= 0.6 is 27.5 Å². The summed E-state index contributed by atoms with van der Waals surface area (Å²) in [5, 5.41) is 4.61. The number of hydrogen-bond acceptors (Lipinski definition) is 1. The predicted molar refractivity (Wildman–Crippen MR) is 82.3 cm³/mol. The monoisotopic (exact) mass is 329 g/mol. The second kappa shape index (κ2) is 5.94. The highest BCUT2D eigenvalue weighted by Crippen LogP contribution is 2.33. The quantitative estimate of drug-likeness (QED) is 0.835. The standard InChI is InChI=1S/C15H21BrClN/c1-11(2)9-15(6-3-7-18-15)10-12-8-13(16)4-5-14(12)17/h4-5,8,11,18H,3,6-7,9-10H2,1-2H3. The second-order valence-electron chi connectivity index (χ2n) is 5.82. The van der Waals surface area contributed by atoms with Gasteiger partial charge in [0.25, 0.3) is 0 Å². The highest BCUT2D eigenvalue weighted by Gasteiger charge is 2.34. The minimum Gasteiger partial charge on any atom is -0.311 e. The molecule has 1 fully saturated rings. The van der Waals surface area contributed by atoms with Crippen LogP contribution in [0, 0.1) is 5.92 Å². The summed E-state index contributed by atoms with van der Waals surface area (Å²) >= 11 is 9.86. The Hall–Kier alpha value is -0.0500. The van der Waals surface area contributed by atoms with Crippen LogP contribution in [-0.4, -0.2) is 12.1 Å². The lowest BCUT2D eigenvalue weighted by atomic mass is 9.82. The van der Waals surface area contributed by atoms with Crippen LogP contribution in [0.2, 0.25) is 5.02 Å². The molecule has 1 nitrogen and oxygen atoms in total. The van der Waals surface area contributed by atoms with E-state index in [0.717, 1.165) is 22.5 Å². The molecular weight excluding hydrogens is 310 g/mol. The molecule has 0 spiro atoms. The van der Waals surface area contributed by atoms with Crippen molar-refractivity contribution in [1.29, 1.82) is 0 Å². The van der Waals surface area contributed by atoms with Crippen molar-refractivity contribution in [3.63, 3.8) is 0 Å². The molecule has 0 bridgehead atoms. The van der Waals surface area contributed by atoms with Gasteiger partial charge in [-0.3, -0.25) is 0 Å². The molecule has 1 saturated heterocycles. The second-order valence-corrected chi connectivity index (χ2v) is 7.14. The molecule has 0 aromatic heterocycles. The van der Waals surface area contributed by atoms with Gasteiger partial charge in [0.05, 0.1) is 0 Å². The molecule has 1 N–H and O–H groups in total. The molecule has 1 heterocycles. The molecule has 0 saturated carbocycles. The van der Waals surface area contributed by atoms with Crippen LogP contribution in [0.5, 0.6) is 0 Å². The summed E-state index contributed by atoms with van der Waals surface area (Å²) in [6.45, 7) is 5.73. The molecule has 1 aromatic rings. The van der Waals surface area contributed by atoms with Gasteiger partial charge in [-0.15, -0.1) is 0 Å². The predicted octanol–water partition coefficient (Wildman–Crippen LogP) is 4.81. The Labute approximate surface area is 123 Å². The van der Waals surface area contributed by atoms with E-state index in [9.17, 15) is 0 Å². The largest absolute Gasteiger partial charge is 0.311 e. The van der Waals surface area contributed by atoms with Gasteiger partial charge in [0, 0.05) is 15.0 Å². The summed E-state index contributed by atoms with van der Waals surface area (Å²) in [6, 6.07) is 6.15.